The van der Waals surface area contributed by atoms with Crippen molar-refractivity contribution in [3.63, 3.8) is 0 Å². The molecule has 0 atom stereocenters. The summed E-state index contributed by atoms with van der Waals surface area (Å²) in [5.74, 6) is 0. The van der Waals surface area contributed by atoms with Gasteiger partial charge in [0.15, 0.2) is 0 Å². The van der Waals surface area contributed by atoms with E-state index in [1.54, 1.807) is 0 Å². The quantitative estimate of drug-likeness (QED) is 0.908. The van der Waals surface area contributed by atoms with Gasteiger partial charge in [0.05, 0.1) is 5.69 Å². The first kappa shape index (κ1) is 14.3. The summed E-state index contributed by atoms with van der Waals surface area (Å²) in [6, 6.07) is 4.29. The molecule has 0 spiro atoms. The van der Waals surface area contributed by atoms with Crippen LogP contribution in [-0.4, -0.2) is 15.3 Å². The van der Waals surface area contributed by atoms with Gasteiger partial charge in [-0.3, -0.25) is 4.68 Å². The van der Waals surface area contributed by atoms with Crippen molar-refractivity contribution in [3.05, 3.63) is 39.8 Å². The molecule has 2 aromatic rings. The Balaban J connectivity index is 1.92. The van der Waals surface area contributed by atoms with Crippen molar-refractivity contribution in [1.29, 1.82) is 0 Å². The number of nitrogens with zero attached hydrogens (tertiary/aromatic N) is 2. The second kappa shape index (κ2) is 5.88. The molecule has 0 aliphatic rings. The van der Waals surface area contributed by atoms with Crippen molar-refractivity contribution in [3.8, 4) is 0 Å². The van der Waals surface area contributed by atoms with Crippen LogP contribution >= 0.6 is 11.3 Å². The first-order valence-electron chi connectivity index (χ1n) is 6.74. The van der Waals surface area contributed by atoms with Crippen molar-refractivity contribution >= 4 is 11.3 Å². The first-order valence-corrected chi connectivity index (χ1v) is 7.62. The molecule has 0 fully saturated rings. The molecule has 0 unspecified atom stereocenters. The van der Waals surface area contributed by atoms with E-state index in [-0.39, 0.29) is 5.54 Å². The Morgan fingerprint density at radius 1 is 1.37 bits per heavy atom. The number of aryl methyl sites for hydroxylation is 3. The second-order valence-corrected chi connectivity index (χ2v) is 6.97. The minimum atomic E-state index is 0.144. The van der Waals surface area contributed by atoms with Gasteiger partial charge in [-0.25, -0.2) is 0 Å². The van der Waals surface area contributed by atoms with Gasteiger partial charge in [-0.2, -0.15) is 5.10 Å². The standard InChI is InChI=1S/C15H23N3S/c1-12-13(10-16-15(2,3)4)11-18(17-12)8-7-14-6-5-9-19-14/h5-6,9,11,16H,7-8,10H2,1-4H3. The molecule has 0 amide bonds. The Bertz CT molecular complexity index is 506. The second-order valence-electron chi connectivity index (χ2n) is 5.94. The third-order valence-electron chi connectivity index (χ3n) is 3.02. The van der Waals surface area contributed by atoms with E-state index in [4.69, 9.17) is 0 Å². The lowest BCUT2D eigenvalue weighted by Gasteiger charge is -2.20. The van der Waals surface area contributed by atoms with Crippen LogP contribution in [0.25, 0.3) is 0 Å². The van der Waals surface area contributed by atoms with Crippen LogP contribution in [0.15, 0.2) is 23.7 Å². The summed E-state index contributed by atoms with van der Waals surface area (Å²) >= 11 is 1.81. The molecule has 4 heteroatoms. The lowest BCUT2D eigenvalue weighted by atomic mass is 10.1. The van der Waals surface area contributed by atoms with Crippen LogP contribution in [0.2, 0.25) is 0 Å². The van der Waals surface area contributed by atoms with E-state index in [0.717, 1.165) is 25.2 Å². The molecule has 0 saturated carbocycles. The molecule has 2 aromatic heterocycles. The number of hydrogen-bond donors (Lipinski definition) is 1. The number of thiophene rings is 1. The van der Waals surface area contributed by atoms with Crippen molar-refractivity contribution in [2.45, 2.75) is 52.7 Å². The minimum absolute atomic E-state index is 0.144. The number of hydrogen-bond acceptors (Lipinski definition) is 3. The van der Waals surface area contributed by atoms with Gasteiger partial charge in [-0.05, 0) is 39.1 Å². The smallest absolute Gasteiger partial charge is 0.0638 e. The molecule has 2 rings (SSSR count). The molecule has 0 bridgehead atoms. The Hall–Kier alpha value is -1.13. The third-order valence-corrected chi connectivity index (χ3v) is 3.96. The van der Waals surface area contributed by atoms with E-state index < -0.39 is 0 Å². The SMILES string of the molecule is Cc1nn(CCc2cccs2)cc1CNC(C)(C)C. The summed E-state index contributed by atoms with van der Waals surface area (Å²) in [7, 11) is 0. The zero-order chi connectivity index (χ0) is 13.9. The van der Waals surface area contributed by atoms with E-state index in [1.165, 1.54) is 10.4 Å². The molecule has 104 valence electrons. The van der Waals surface area contributed by atoms with Gasteiger partial charge in [0.25, 0.3) is 0 Å². The van der Waals surface area contributed by atoms with Crippen LogP contribution in [0, 0.1) is 6.92 Å². The molecule has 0 aliphatic carbocycles. The van der Waals surface area contributed by atoms with Gasteiger partial charge in [-0.15, -0.1) is 11.3 Å². The predicted molar refractivity (Wildman–Crippen MR) is 81.6 cm³/mol. The molecule has 19 heavy (non-hydrogen) atoms. The van der Waals surface area contributed by atoms with Crippen molar-refractivity contribution in [2.24, 2.45) is 0 Å². The fourth-order valence-corrected chi connectivity index (χ4v) is 2.59. The largest absolute Gasteiger partial charge is 0.308 e. The predicted octanol–water partition coefficient (Wildman–Crippen LogP) is 3.38. The van der Waals surface area contributed by atoms with E-state index in [0.29, 0.717) is 0 Å². The normalized spacial score (nSPS) is 12.0. The lowest BCUT2D eigenvalue weighted by Crippen LogP contribution is -2.35. The average molecular weight is 277 g/mol. The summed E-state index contributed by atoms with van der Waals surface area (Å²) in [5, 5.41) is 10.2. The topological polar surface area (TPSA) is 29.9 Å². The molecule has 0 aromatic carbocycles. The molecule has 3 nitrogen and oxygen atoms in total. The number of aromatic nitrogens is 2. The van der Waals surface area contributed by atoms with Gasteiger partial charge in [0.2, 0.25) is 0 Å². The Morgan fingerprint density at radius 3 is 2.79 bits per heavy atom. The summed E-state index contributed by atoms with van der Waals surface area (Å²) in [6.45, 7) is 10.5. The zero-order valence-corrected chi connectivity index (χ0v) is 13.0. The van der Waals surface area contributed by atoms with Gasteiger partial charge >= 0.3 is 0 Å². The van der Waals surface area contributed by atoms with Gasteiger partial charge in [0, 0.05) is 41.7 Å². The lowest BCUT2D eigenvalue weighted by molar-refractivity contribution is 0.423. The van der Waals surface area contributed by atoms with Gasteiger partial charge in [-0.1, -0.05) is 6.07 Å². The summed E-state index contributed by atoms with van der Waals surface area (Å²) < 4.78 is 2.06. The maximum absolute atomic E-state index is 4.59. The van der Waals surface area contributed by atoms with Gasteiger partial charge in [0.1, 0.15) is 0 Å². The van der Waals surface area contributed by atoms with Crippen LogP contribution in [0.3, 0.4) is 0 Å². The van der Waals surface area contributed by atoms with Crippen molar-refractivity contribution in [1.82, 2.24) is 15.1 Å². The Labute approximate surface area is 119 Å². The van der Waals surface area contributed by atoms with E-state index in [9.17, 15) is 0 Å². The third kappa shape index (κ3) is 4.48. The molecule has 1 N–H and O–H groups in total. The highest BCUT2D eigenvalue weighted by Crippen LogP contribution is 2.12. The zero-order valence-electron chi connectivity index (χ0n) is 12.2. The average Bonchev–Trinajstić information content (AvgIpc) is 2.92. The number of rotatable bonds is 5. The highest BCUT2D eigenvalue weighted by molar-refractivity contribution is 7.09. The van der Waals surface area contributed by atoms with E-state index in [1.807, 2.05) is 11.3 Å². The van der Waals surface area contributed by atoms with E-state index in [2.05, 4.69) is 66.5 Å². The number of nitrogens with one attached hydrogen (secondary N) is 1. The molecule has 0 aliphatic heterocycles. The minimum Gasteiger partial charge on any atom is -0.308 e. The van der Waals surface area contributed by atoms with Crippen LogP contribution in [0.4, 0.5) is 0 Å². The highest BCUT2D eigenvalue weighted by Gasteiger charge is 2.11. The van der Waals surface area contributed by atoms with Crippen LogP contribution in [0.5, 0.6) is 0 Å². The Morgan fingerprint density at radius 2 is 2.16 bits per heavy atom. The maximum atomic E-state index is 4.59. The molecular formula is C15H23N3S. The summed E-state index contributed by atoms with van der Waals surface area (Å²) in [5.41, 5.74) is 2.56. The van der Waals surface area contributed by atoms with Crippen LogP contribution in [-0.2, 0) is 19.5 Å². The molecule has 0 saturated heterocycles. The molecule has 0 radical (unpaired) electrons. The van der Waals surface area contributed by atoms with Gasteiger partial charge < -0.3 is 5.32 Å². The highest BCUT2D eigenvalue weighted by atomic mass is 32.1. The van der Waals surface area contributed by atoms with E-state index >= 15 is 0 Å². The molecular weight excluding hydrogens is 254 g/mol. The van der Waals surface area contributed by atoms with Crippen LogP contribution in [0.1, 0.15) is 36.9 Å². The van der Waals surface area contributed by atoms with Crippen molar-refractivity contribution < 1.29 is 0 Å². The summed E-state index contributed by atoms with van der Waals surface area (Å²) in [6.07, 6.45) is 3.23. The maximum Gasteiger partial charge on any atom is 0.0638 e. The molecule has 2 heterocycles. The fourth-order valence-electron chi connectivity index (χ4n) is 1.89. The first-order chi connectivity index (χ1) is 8.94. The van der Waals surface area contributed by atoms with Crippen LogP contribution < -0.4 is 5.32 Å². The Kier molecular flexibility index (Phi) is 4.42. The monoisotopic (exact) mass is 277 g/mol. The fraction of sp³-hybridized carbons (Fsp3) is 0.533. The van der Waals surface area contributed by atoms with Crippen molar-refractivity contribution in [2.75, 3.05) is 0 Å². The summed E-state index contributed by atoms with van der Waals surface area (Å²) in [4.78, 5) is 1.42.